The Balaban J connectivity index is 0. The Morgan fingerprint density at radius 1 is 1.67 bits per heavy atom. The molecule has 0 heterocycles. The van der Waals surface area contributed by atoms with E-state index >= 15 is 0 Å². The molecule has 0 aliphatic heterocycles. The minimum absolute atomic E-state index is 0. The third-order valence-electron chi connectivity index (χ3n) is 0.460. The Kier molecular flexibility index (Phi) is 11.8. The first kappa shape index (κ1) is 13.4. The Bertz CT molecular complexity index is 118. The maximum atomic E-state index is 9.69. The summed E-state index contributed by atoms with van der Waals surface area (Å²) in [6, 6.07) is 0. The van der Waals surface area contributed by atoms with Crippen LogP contribution in [0.5, 0.6) is 0 Å². The Morgan fingerprint density at radius 3 is 2.22 bits per heavy atom. The van der Waals surface area contributed by atoms with Gasteiger partial charge in [0.05, 0.1) is 11.0 Å². The van der Waals surface area contributed by atoms with Gasteiger partial charge in [-0.1, -0.05) is 0 Å². The van der Waals surface area contributed by atoms with E-state index in [2.05, 4.69) is 4.18 Å². The van der Waals surface area contributed by atoms with E-state index in [4.69, 9.17) is 11.6 Å². The number of hydrogen-bond acceptors (Lipinski definition) is 4. The molecule has 0 N–H and O–H groups in total. The minimum atomic E-state index is -2.43. The third-order valence-corrected chi connectivity index (χ3v) is 1.38. The van der Waals surface area contributed by atoms with Crippen LogP contribution in [0.1, 0.15) is 6.92 Å². The van der Waals surface area contributed by atoms with E-state index in [0.29, 0.717) is 0 Å². The van der Waals surface area contributed by atoms with Gasteiger partial charge in [0.25, 0.3) is 0 Å². The molecule has 1 atom stereocenters. The van der Waals surface area contributed by atoms with E-state index in [1.807, 2.05) is 0 Å². The molecule has 0 rings (SSSR count). The van der Waals surface area contributed by atoms with Gasteiger partial charge in [0.1, 0.15) is 0 Å². The molecule has 0 aromatic heterocycles. The van der Waals surface area contributed by atoms with Gasteiger partial charge in [0, 0.05) is 12.0 Å². The molecule has 0 saturated carbocycles. The van der Waals surface area contributed by atoms with Crippen molar-refractivity contribution in [3.05, 3.63) is 0 Å². The molecule has 0 amide bonds. The first-order chi connectivity index (χ1) is 3.66. The van der Waals surface area contributed by atoms with Crippen molar-refractivity contribution in [2.45, 2.75) is 13.0 Å². The van der Waals surface area contributed by atoms with E-state index < -0.39 is 17.1 Å². The fraction of sp³-hybridized carbons (Fsp3) is 1.00. The van der Waals surface area contributed by atoms with Crippen LogP contribution in [0.4, 0.5) is 0 Å². The van der Waals surface area contributed by atoms with Gasteiger partial charge in [-0.15, -0.1) is 11.6 Å². The molecule has 0 saturated heterocycles. The molecule has 9 heavy (non-hydrogen) atoms. The van der Waals surface area contributed by atoms with Crippen molar-refractivity contribution < 1.29 is 64.0 Å². The van der Waals surface area contributed by atoms with Crippen molar-refractivity contribution in [3.8, 4) is 0 Å². The summed E-state index contributed by atoms with van der Waals surface area (Å²) in [5.41, 5.74) is 0. The molecule has 0 radical (unpaired) electrons. The van der Waals surface area contributed by atoms with Crippen LogP contribution < -0.4 is 51.4 Å². The van der Waals surface area contributed by atoms with Crippen molar-refractivity contribution >= 4 is 22.6 Å². The smallest absolute Gasteiger partial charge is 0.420 e. The summed E-state index contributed by atoms with van der Waals surface area (Å²) in [6.07, 6.45) is -0.421. The molecule has 0 aliphatic carbocycles. The average Bonchev–Trinajstić information content (AvgIpc) is 1.65. The summed E-state index contributed by atoms with van der Waals surface area (Å²) < 4.78 is 23.6. The van der Waals surface area contributed by atoms with Crippen molar-refractivity contribution in [3.63, 3.8) is 0 Å². The van der Waals surface area contributed by atoms with E-state index in [1.165, 1.54) is 0 Å². The molecular weight excluding hydrogens is 191 g/mol. The van der Waals surface area contributed by atoms with Gasteiger partial charge in [-0.2, -0.15) is 0 Å². The average molecular weight is 197 g/mol. The molecule has 0 spiro atoms. The fourth-order valence-corrected chi connectivity index (χ4v) is 0.634. The van der Waals surface area contributed by atoms with Gasteiger partial charge < -0.3 is 12.6 Å². The molecule has 0 aromatic carbocycles. The van der Waals surface area contributed by atoms with E-state index in [0.717, 1.165) is 0 Å². The second kappa shape index (κ2) is 7.94. The molecule has 0 bridgehead atoms. The zero-order valence-electron chi connectivity index (χ0n) is 5.30. The number of hydrogen-bond donors (Lipinski definition) is 0. The maximum absolute atomic E-state index is 9.69. The normalized spacial score (nSPS) is 12.8. The van der Waals surface area contributed by atoms with Gasteiger partial charge in [0.2, 0.25) is 0 Å². The number of halogens is 1. The molecule has 3 nitrogen and oxygen atoms in total. The second-order valence-electron chi connectivity index (χ2n) is 1.27. The van der Waals surface area contributed by atoms with Crippen molar-refractivity contribution in [2.24, 2.45) is 0 Å². The zero-order chi connectivity index (χ0) is 6.57. The first-order valence-corrected chi connectivity index (χ1v) is 3.52. The van der Waals surface area contributed by atoms with Crippen LogP contribution >= 0.6 is 11.6 Å². The molecule has 6 heteroatoms. The predicted molar refractivity (Wildman–Crippen MR) is 30.0 cm³/mol. The second-order valence-corrected chi connectivity index (χ2v) is 2.17. The summed E-state index contributed by atoms with van der Waals surface area (Å²) in [7, 11) is -2.43. The van der Waals surface area contributed by atoms with Crippen LogP contribution in [0.15, 0.2) is 0 Å². The fourth-order valence-electron chi connectivity index (χ4n) is 0.160. The predicted octanol–water partition coefficient (Wildman–Crippen LogP) is -2.14. The van der Waals surface area contributed by atoms with Crippen LogP contribution in [0.25, 0.3) is 0 Å². The van der Waals surface area contributed by atoms with Crippen molar-refractivity contribution in [2.75, 3.05) is 5.88 Å². The molecular formula is C3H6ClKO3S. The SMILES string of the molecule is CC(CCl)O[S-](=O)=O.[K+]. The third kappa shape index (κ3) is 9.84. The number of rotatable bonds is 3. The van der Waals surface area contributed by atoms with Crippen LogP contribution in [-0.2, 0) is 23.6 Å². The number of alkyl halides is 1. The van der Waals surface area contributed by atoms with Crippen LogP contribution in [0.2, 0.25) is 0 Å². The Morgan fingerprint density at radius 2 is 2.11 bits per heavy atom. The molecule has 0 fully saturated rings. The molecule has 0 aliphatic rings. The van der Waals surface area contributed by atoms with E-state index in [-0.39, 0.29) is 57.3 Å². The van der Waals surface area contributed by atoms with Crippen LogP contribution in [-0.4, -0.2) is 12.0 Å². The van der Waals surface area contributed by atoms with Crippen molar-refractivity contribution in [1.82, 2.24) is 0 Å². The van der Waals surface area contributed by atoms with Gasteiger partial charge in [-0.05, 0) is 6.92 Å². The standard InChI is InChI=1S/C3H6ClO3S.K/c1-3(2-4)7-8(5)6;/h3H,2H2,1H3;/q-1;+1. The zero-order valence-corrected chi connectivity index (χ0v) is 9.99. The van der Waals surface area contributed by atoms with Gasteiger partial charge in [-0.25, -0.2) is 0 Å². The van der Waals surface area contributed by atoms with Crippen molar-refractivity contribution in [1.29, 1.82) is 0 Å². The van der Waals surface area contributed by atoms with Crippen LogP contribution in [0, 0.1) is 0 Å². The summed E-state index contributed by atoms with van der Waals surface area (Å²) in [6.45, 7) is 1.57. The maximum Gasteiger partial charge on any atom is 1.00 e. The summed E-state index contributed by atoms with van der Waals surface area (Å²) >= 11 is 5.20. The van der Waals surface area contributed by atoms with Gasteiger partial charge >= 0.3 is 51.4 Å². The first-order valence-electron chi connectivity index (χ1n) is 1.99. The van der Waals surface area contributed by atoms with E-state index in [1.54, 1.807) is 6.92 Å². The minimum Gasteiger partial charge on any atom is -0.420 e. The van der Waals surface area contributed by atoms with Gasteiger partial charge in [0.15, 0.2) is 0 Å². The Labute approximate surface area is 104 Å². The molecule has 1 unspecified atom stereocenters. The Hall–Kier alpha value is 1.84. The largest absolute Gasteiger partial charge is 1.00 e. The topological polar surface area (TPSA) is 43.4 Å². The summed E-state index contributed by atoms with van der Waals surface area (Å²) in [5.74, 6) is 0.188. The molecule has 0 aromatic rings. The monoisotopic (exact) mass is 196 g/mol. The van der Waals surface area contributed by atoms with E-state index in [9.17, 15) is 8.42 Å². The molecule has 50 valence electrons. The van der Waals surface area contributed by atoms with Gasteiger partial charge in [-0.3, -0.25) is 0 Å². The summed E-state index contributed by atoms with van der Waals surface area (Å²) in [5, 5.41) is 0. The summed E-state index contributed by atoms with van der Waals surface area (Å²) in [4.78, 5) is 0. The van der Waals surface area contributed by atoms with Crippen LogP contribution in [0.3, 0.4) is 0 Å². The quantitative estimate of drug-likeness (QED) is 0.294.